The van der Waals surface area contributed by atoms with Gasteiger partial charge in [-0.05, 0) is 24.7 Å². The summed E-state index contributed by atoms with van der Waals surface area (Å²) in [5.74, 6) is 0. The number of benzene rings is 1. The van der Waals surface area contributed by atoms with Crippen LogP contribution in [-0.2, 0) is 12.7 Å². The summed E-state index contributed by atoms with van der Waals surface area (Å²) < 4.78 is 37.0. The van der Waals surface area contributed by atoms with Gasteiger partial charge in [-0.25, -0.2) is 0 Å². The van der Waals surface area contributed by atoms with Crippen LogP contribution >= 0.6 is 15.9 Å². The van der Waals surface area contributed by atoms with Crippen molar-refractivity contribution in [3.05, 3.63) is 33.8 Å². The van der Waals surface area contributed by atoms with Crippen LogP contribution in [0.3, 0.4) is 0 Å². The first-order valence-electron chi connectivity index (χ1n) is 3.95. The summed E-state index contributed by atoms with van der Waals surface area (Å²) >= 11 is 2.91. The molecule has 0 aliphatic carbocycles. The molecule has 1 aromatic rings. The largest absolute Gasteiger partial charge is 0.417 e. The highest BCUT2D eigenvalue weighted by Gasteiger charge is 2.32. The van der Waals surface area contributed by atoms with Crippen molar-refractivity contribution in [1.82, 2.24) is 5.32 Å². The van der Waals surface area contributed by atoms with Crippen LogP contribution in [-0.4, -0.2) is 7.05 Å². The van der Waals surface area contributed by atoms with E-state index in [9.17, 15) is 13.2 Å². The summed E-state index contributed by atoms with van der Waals surface area (Å²) in [5, 5.41) is 2.87. The van der Waals surface area contributed by atoms with Crippen LogP contribution < -0.4 is 5.32 Å². The summed E-state index contributed by atoms with van der Waals surface area (Å²) in [6.45, 7) is 0.552. The molecule has 1 N–H and O–H groups in total. The van der Waals surface area contributed by atoms with Gasteiger partial charge in [0.25, 0.3) is 0 Å². The Kier molecular flexibility index (Phi) is 3.55. The lowest BCUT2D eigenvalue weighted by atomic mass is 10.1. The minimum Gasteiger partial charge on any atom is -0.316 e. The molecule has 0 aromatic heterocycles. The van der Waals surface area contributed by atoms with Gasteiger partial charge in [-0.15, -0.1) is 0 Å². The monoisotopic (exact) mass is 267 g/mol. The molecule has 14 heavy (non-hydrogen) atoms. The number of nitrogens with one attached hydrogen (secondary N) is 1. The van der Waals surface area contributed by atoms with Gasteiger partial charge in [-0.1, -0.05) is 22.0 Å². The van der Waals surface area contributed by atoms with E-state index in [1.807, 2.05) is 0 Å². The lowest BCUT2D eigenvalue weighted by Crippen LogP contribution is -2.08. The molecule has 0 amide bonds. The maximum absolute atomic E-state index is 12.3. The van der Waals surface area contributed by atoms with E-state index in [2.05, 4.69) is 21.2 Å². The lowest BCUT2D eigenvalue weighted by molar-refractivity contribution is -0.138. The predicted octanol–water partition coefficient (Wildman–Crippen LogP) is 3.19. The van der Waals surface area contributed by atoms with E-state index in [0.29, 0.717) is 6.54 Å². The van der Waals surface area contributed by atoms with E-state index in [1.165, 1.54) is 12.1 Å². The Hall–Kier alpha value is -0.550. The second kappa shape index (κ2) is 4.31. The maximum atomic E-state index is 12.3. The maximum Gasteiger partial charge on any atom is 0.417 e. The van der Waals surface area contributed by atoms with Crippen LogP contribution in [0, 0.1) is 0 Å². The van der Waals surface area contributed by atoms with E-state index in [0.717, 1.165) is 11.6 Å². The Balaban J connectivity index is 3.02. The van der Waals surface area contributed by atoms with Gasteiger partial charge in [0.15, 0.2) is 0 Å². The van der Waals surface area contributed by atoms with Crippen molar-refractivity contribution in [2.45, 2.75) is 12.7 Å². The van der Waals surface area contributed by atoms with Gasteiger partial charge >= 0.3 is 6.18 Å². The minimum absolute atomic E-state index is 0.0813. The molecule has 0 radical (unpaired) electrons. The van der Waals surface area contributed by atoms with Crippen LogP contribution in [0.5, 0.6) is 0 Å². The zero-order chi connectivity index (χ0) is 10.8. The first kappa shape index (κ1) is 11.5. The molecule has 0 atom stereocenters. The highest BCUT2D eigenvalue weighted by Crippen LogP contribution is 2.35. The fourth-order valence-electron chi connectivity index (χ4n) is 1.10. The van der Waals surface area contributed by atoms with Gasteiger partial charge in [-0.2, -0.15) is 13.2 Å². The zero-order valence-corrected chi connectivity index (χ0v) is 9.04. The van der Waals surface area contributed by atoms with E-state index >= 15 is 0 Å². The lowest BCUT2D eigenvalue weighted by Gasteiger charge is -2.10. The van der Waals surface area contributed by atoms with Crippen molar-refractivity contribution in [3.63, 3.8) is 0 Å². The van der Waals surface area contributed by atoms with E-state index < -0.39 is 11.7 Å². The molecule has 0 fully saturated rings. The molecule has 1 nitrogen and oxygen atoms in total. The third kappa shape index (κ3) is 2.72. The first-order valence-corrected chi connectivity index (χ1v) is 4.74. The highest BCUT2D eigenvalue weighted by molar-refractivity contribution is 9.10. The quantitative estimate of drug-likeness (QED) is 0.868. The SMILES string of the molecule is CNCc1ccc(C(F)(F)F)c(Br)c1. The van der Waals surface area contributed by atoms with Crippen LogP contribution in [0.2, 0.25) is 0 Å². The molecule has 5 heteroatoms. The molecule has 0 saturated heterocycles. The van der Waals surface area contributed by atoms with Crippen molar-refractivity contribution >= 4 is 15.9 Å². The first-order chi connectivity index (χ1) is 6.45. The Bertz CT molecular complexity index is 322. The van der Waals surface area contributed by atoms with Crippen LogP contribution in [0.15, 0.2) is 22.7 Å². The predicted molar refractivity (Wildman–Crippen MR) is 51.9 cm³/mol. The van der Waals surface area contributed by atoms with Gasteiger partial charge in [0, 0.05) is 11.0 Å². The number of alkyl halides is 3. The minimum atomic E-state index is -4.29. The molecule has 0 spiro atoms. The summed E-state index contributed by atoms with van der Waals surface area (Å²) in [5.41, 5.74) is 0.171. The number of halogens is 4. The fourth-order valence-corrected chi connectivity index (χ4v) is 1.75. The van der Waals surface area contributed by atoms with Crippen molar-refractivity contribution in [2.75, 3.05) is 7.05 Å². The third-order valence-electron chi connectivity index (χ3n) is 1.72. The molecule has 0 bridgehead atoms. The molecule has 1 rings (SSSR count). The summed E-state index contributed by atoms with van der Waals surface area (Å²) in [6.07, 6.45) is -4.29. The Labute approximate surface area is 88.4 Å². The molecule has 0 heterocycles. The van der Waals surface area contributed by atoms with Crippen molar-refractivity contribution in [3.8, 4) is 0 Å². The Morgan fingerprint density at radius 1 is 1.36 bits per heavy atom. The normalized spacial score (nSPS) is 11.8. The van der Waals surface area contributed by atoms with Gasteiger partial charge in [0.05, 0.1) is 5.56 Å². The molecular weight excluding hydrogens is 259 g/mol. The second-order valence-electron chi connectivity index (χ2n) is 2.84. The number of hydrogen-bond acceptors (Lipinski definition) is 1. The number of rotatable bonds is 2. The van der Waals surface area contributed by atoms with Gasteiger partial charge in [0.2, 0.25) is 0 Å². The van der Waals surface area contributed by atoms with E-state index in [4.69, 9.17) is 0 Å². The molecule has 0 aliphatic rings. The third-order valence-corrected chi connectivity index (χ3v) is 2.38. The van der Waals surface area contributed by atoms with Crippen LogP contribution in [0.25, 0.3) is 0 Å². The molecular formula is C9H9BrF3N. The van der Waals surface area contributed by atoms with Crippen molar-refractivity contribution in [1.29, 1.82) is 0 Å². The van der Waals surface area contributed by atoms with Gasteiger partial charge < -0.3 is 5.32 Å². The summed E-state index contributed by atoms with van der Waals surface area (Å²) in [6, 6.07) is 4.01. The Morgan fingerprint density at radius 3 is 2.43 bits per heavy atom. The summed E-state index contributed by atoms with van der Waals surface area (Å²) in [4.78, 5) is 0. The number of hydrogen-bond donors (Lipinski definition) is 1. The molecule has 0 aliphatic heterocycles. The second-order valence-corrected chi connectivity index (χ2v) is 3.70. The van der Waals surface area contributed by atoms with Crippen LogP contribution in [0.1, 0.15) is 11.1 Å². The fraction of sp³-hybridized carbons (Fsp3) is 0.333. The summed E-state index contributed by atoms with van der Waals surface area (Å²) in [7, 11) is 1.74. The smallest absolute Gasteiger partial charge is 0.316 e. The van der Waals surface area contributed by atoms with E-state index in [-0.39, 0.29) is 4.47 Å². The van der Waals surface area contributed by atoms with E-state index in [1.54, 1.807) is 7.05 Å². The molecule has 78 valence electrons. The zero-order valence-electron chi connectivity index (χ0n) is 7.45. The standard InChI is InChI=1S/C9H9BrF3N/c1-14-5-6-2-3-7(8(10)4-6)9(11,12)13/h2-4,14H,5H2,1H3. The average Bonchev–Trinajstić information content (AvgIpc) is 2.02. The van der Waals surface area contributed by atoms with Gasteiger partial charge in [0.1, 0.15) is 0 Å². The van der Waals surface area contributed by atoms with Crippen molar-refractivity contribution in [2.24, 2.45) is 0 Å². The topological polar surface area (TPSA) is 12.0 Å². The Morgan fingerprint density at radius 2 is 2.00 bits per heavy atom. The van der Waals surface area contributed by atoms with Crippen molar-refractivity contribution < 1.29 is 13.2 Å². The highest BCUT2D eigenvalue weighted by atomic mass is 79.9. The molecule has 1 aromatic carbocycles. The average molecular weight is 268 g/mol. The molecule has 0 unspecified atom stereocenters. The molecule has 0 saturated carbocycles. The van der Waals surface area contributed by atoms with Crippen LogP contribution in [0.4, 0.5) is 13.2 Å². The van der Waals surface area contributed by atoms with Gasteiger partial charge in [-0.3, -0.25) is 0 Å².